The van der Waals surface area contributed by atoms with E-state index in [1.165, 1.54) is 0 Å². The first kappa shape index (κ1) is 11.5. The Morgan fingerprint density at radius 1 is 1.39 bits per heavy atom. The van der Waals surface area contributed by atoms with E-state index in [1.807, 2.05) is 12.1 Å². The smallest absolute Gasteiger partial charge is 0.254 e. The van der Waals surface area contributed by atoms with Crippen LogP contribution in [-0.2, 0) is 0 Å². The Morgan fingerprint density at radius 3 is 2.67 bits per heavy atom. The lowest BCUT2D eigenvalue weighted by molar-refractivity contribution is 0.0827. The number of aromatic nitrogens is 1. The van der Waals surface area contributed by atoms with Gasteiger partial charge < -0.3 is 15.5 Å². The van der Waals surface area contributed by atoms with E-state index in [9.17, 15) is 4.79 Å². The molecule has 2 N–H and O–H groups in total. The molecule has 5 nitrogen and oxygen atoms in total. The fourth-order valence-corrected chi connectivity index (χ4v) is 2.67. The predicted molar refractivity (Wildman–Crippen MR) is 69.5 cm³/mol. The highest BCUT2D eigenvalue weighted by Gasteiger charge is 2.53. The van der Waals surface area contributed by atoms with Crippen LogP contribution in [0.5, 0.6) is 0 Å². The molecule has 96 valence electrons. The zero-order valence-electron chi connectivity index (χ0n) is 10.7. The molecule has 1 aromatic heterocycles. The normalized spacial score (nSPS) is 28.7. The van der Waals surface area contributed by atoms with E-state index in [-0.39, 0.29) is 5.91 Å². The Labute approximate surface area is 107 Å². The zero-order chi connectivity index (χ0) is 12.7. The number of nitrogens with one attached hydrogen (secondary N) is 2. The van der Waals surface area contributed by atoms with Crippen LogP contribution in [0.3, 0.4) is 0 Å². The number of anilines is 1. The third kappa shape index (κ3) is 1.95. The Balaban J connectivity index is 1.63. The van der Waals surface area contributed by atoms with Crippen molar-refractivity contribution in [2.24, 2.45) is 11.8 Å². The van der Waals surface area contributed by atoms with Crippen LogP contribution in [0.1, 0.15) is 10.4 Å². The Hall–Kier alpha value is -1.62. The molecule has 1 saturated heterocycles. The van der Waals surface area contributed by atoms with Crippen LogP contribution in [0.25, 0.3) is 0 Å². The predicted octanol–water partition coefficient (Wildman–Crippen LogP) is 0.413. The number of amides is 1. The first-order valence-corrected chi connectivity index (χ1v) is 6.32. The van der Waals surface area contributed by atoms with Crippen LogP contribution in [0.15, 0.2) is 18.3 Å². The number of piperidine rings is 1. The third-order valence-corrected chi connectivity index (χ3v) is 3.82. The average Bonchev–Trinajstić information content (AvgIpc) is 2.82. The number of carbonyl (C=O) groups is 1. The average molecular weight is 246 g/mol. The summed E-state index contributed by atoms with van der Waals surface area (Å²) < 4.78 is 0. The van der Waals surface area contributed by atoms with E-state index < -0.39 is 0 Å². The zero-order valence-corrected chi connectivity index (χ0v) is 10.7. The van der Waals surface area contributed by atoms with Gasteiger partial charge in [0.2, 0.25) is 0 Å². The first-order chi connectivity index (χ1) is 8.66. The van der Waals surface area contributed by atoms with Gasteiger partial charge in [-0.3, -0.25) is 4.79 Å². The lowest BCUT2D eigenvalue weighted by Gasteiger charge is -2.11. The second-order valence-electron chi connectivity index (χ2n) is 5.29. The number of nitrogens with zero attached hydrogens (tertiary/aromatic N) is 2. The molecule has 1 saturated carbocycles. The summed E-state index contributed by atoms with van der Waals surface area (Å²) >= 11 is 0. The van der Waals surface area contributed by atoms with E-state index in [0.717, 1.165) is 30.7 Å². The van der Waals surface area contributed by atoms with Crippen molar-refractivity contribution in [3.63, 3.8) is 0 Å². The van der Waals surface area contributed by atoms with Crippen molar-refractivity contribution in [3.8, 4) is 0 Å². The summed E-state index contributed by atoms with van der Waals surface area (Å²) in [4.78, 5) is 17.6. The number of fused-ring (bicyclic) bond motifs is 1. The van der Waals surface area contributed by atoms with E-state index in [0.29, 0.717) is 11.6 Å². The monoisotopic (exact) mass is 246 g/mol. The number of rotatable bonds is 3. The third-order valence-electron chi connectivity index (χ3n) is 3.82. The molecule has 1 aliphatic carbocycles. The largest absolute Gasteiger partial charge is 0.367 e. The minimum atomic E-state index is -0.0125. The fourth-order valence-electron chi connectivity index (χ4n) is 2.67. The van der Waals surface area contributed by atoms with Gasteiger partial charge in [0.1, 0.15) is 5.82 Å². The molecule has 2 atom stereocenters. The summed E-state index contributed by atoms with van der Waals surface area (Å²) in [5.74, 6) is 2.37. The molecule has 0 bridgehead atoms. The molecule has 3 rings (SSSR count). The summed E-state index contributed by atoms with van der Waals surface area (Å²) in [6, 6.07) is 4.28. The van der Waals surface area contributed by atoms with Gasteiger partial charge in [-0.25, -0.2) is 4.98 Å². The molecule has 0 spiro atoms. The van der Waals surface area contributed by atoms with Gasteiger partial charge in [-0.05, 0) is 24.0 Å². The van der Waals surface area contributed by atoms with Gasteiger partial charge in [0.05, 0.1) is 5.56 Å². The van der Waals surface area contributed by atoms with Gasteiger partial charge in [0, 0.05) is 39.4 Å². The van der Waals surface area contributed by atoms with Gasteiger partial charge in [0.25, 0.3) is 5.91 Å². The second-order valence-corrected chi connectivity index (χ2v) is 5.29. The molecule has 5 heteroatoms. The Bertz CT molecular complexity index is 447. The van der Waals surface area contributed by atoms with Crippen LogP contribution >= 0.6 is 0 Å². The molecule has 18 heavy (non-hydrogen) atoms. The van der Waals surface area contributed by atoms with Crippen LogP contribution in [0.2, 0.25) is 0 Å². The second kappa shape index (κ2) is 4.24. The Kier molecular flexibility index (Phi) is 2.70. The quantitative estimate of drug-likeness (QED) is 0.811. The summed E-state index contributed by atoms with van der Waals surface area (Å²) in [7, 11) is 3.49. The van der Waals surface area contributed by atoms with Crippen molar-refractivity contribution >= 4 is 11.7 Å². The maximum atomic E-state index is 11.7. The molecular formula is C13H18N4O. The molecule has 2 fully saturated rings. The Morgan fingerprint density at radius 2 is 2.11 bits per heavy atom. The molecule has 0 aromatic carbocycles. The van der Waals surface area contributed by atoms with Gasteiger partial charge in [0.15, 0.2) is 0 Å². The van der Waals surface area contributed by atoms with Gasteiger partial charge in [-0.1, -0.05) is 0 Å². The molecule has 2 heterocycles. The summed E-state index contributed by atoms with van der Waals surface area (Å²) in [6.45, 7) is 2.22. The molecule has 0 radical (unpaired) electrons. The van der Waals surface area contributed by atoms with Gasteiger partial charge in [-0.2, -0.15) is 0 Å². The van der Waals surface area contributed by atoms with Gasteiger partial charge in [-0.15, -0.1) is 0 Å². The van der Waals surface area contributed by atoms with Crippen molar-refractivity contribution in [2.45, 2.75) is 6.04 Å². The van der Waals surface area contributed by atoms with Crippen LogP contribution < -0.4 is 10.6 Å². The van der Waals surface area contributed by atoms with E-state index in [2.05, 4.69) is 15.6 Å². The molecule has 1 aliphatic heterocycles. The number of hydrogen-bond acceptors (Lipinski definition) is 4. The lowest BCUT2D eigenvalue weighted by atomic mass is 10.2. The summed E-state index contributed by atoms with van der Waals surface area (Å²) in [6.07, 6.45) is 1.64. The van der Waals surface area contributed by atoms with Crippen molar-refractivity contribution in [1.29, 1.82) is 0 Å². The molecule has 2 unspecified atom stereocenters. The molecule has 1 amide bonds. The fraction of sp³-hybridized carbons (Fsp3) is 0.538. The molecule has 1 aromatic rings. The first-order valence-electron chi connectivity index (χ1n) is 6.32. The molecular weight excluding hydrogens is 228 g/mol. The van der Waals surface area contributed by atoms with E-state index >= 15 is 0 Å². The van der Waals surface area contributed by atoms with Crippen LogP contribution in [-0.4, -0.2) is 49.0 Å². The van der Waals surface area contributed by atoms with Crippen molar-refractivity contribution in [3.05, 3.63) is 23.9 Å². The summed E-state index contributed by atoms with van der Waals surface area (Å²) in [5, 5.41) is 6.80. The van der Waals surface area contributed by atoms with Crippen molar-refractivity contribution < 1.29 is 4.79 Å². The number of pyridine rings is 1. The van der Waals surface area contributed by atoms with Crippen molar-refractivity contribution in [1.82, 2.24) is 15.2 Å². The highest BCUT2D eigenvalue weighted by molar-refractivity contribution is 5.93. The van der Waals surface area contributed by atoms with Crippen LogP contribution in [0, 0.1) is 11.8 Å². The highest BCUT2D eigenvalue weighted by atomic mass is 16.2. The van der Waals surface area contributed by atoms with Crippen LogP contribution in [0.4, 0.5) is 5.82 Å². The topological polar surface area (TPSA) is 57.3 Å². The highest BCUT2D eigenvalue weighted by Crippen LogP contribution is 2.43. The van der Waals surface area contributed by atoms with E-state index in [4.69, 9.17) is 0 Å². The minimum Gasteiger partial charge on any atom is -0.367 e. The minimum absolute atomic E-state index is 0.0125. The lowest BCUT2D eigenvalue weighted by Crippen LogP contribution is -2.23. The number of hydrogen-bond donors (Lipinski definition) is 2. The van der Waals surface area contributed by atoms with Gasteiger partial charge >= 0.3 is 0 Å². The number of carbonyl (C=O) groups excluding carboxylic acids is 1. The maximum Gasteiger partial charge on any atom is 0.254 e. The standard InChI is InChI=1S/C13H18N4O/c1-17(2)13(18)8-3-4-11(15-5-8)16-12-9-6-14-7-10(9)12/h3-5,9-10,12,14H,6-7H2,1-2H3,(H,15,16). The molecule has 2 aliphatic rings. The van der Waals surface area contributed by atoms with Crippen molar-refractivity contribution in [2.75, 3.05) is 32.5 Å². The van der Waals surface area contributed by atoms with E-state index in [1.54, 1.807) is 25.2 Å². The maximum absolute atomic E-state index is 11.7. The SMILES string of the molecule is CN(C)C(=O)c1ccc(NC2C3CNCC32)nc1. The summed E-state index contributed by atoms with van der Waals surface area (Å²) in [5.41, 5.74) is 0.628.